The van der Waals surface area contributed by atoms with Crippen LogP contribution in [0.3, 0.4) is 0 Å². The van der Waals surface area contributed by atoms with Crippen LogP contribution in [0, 0.1) is 0 Å². The second-order valence-corrected chi connectivity index (χ2v) is 5.29. The first-order chi connectivity index (χ1) is 7.60. The summed E-state index contributed by atoms with van der Waals surface area (Å²) in [5.74, 6) is 0. The Hall–Kier alpha value is -1.13. The SMILES string of the molecule is C=Cc1ccc(S(=O)(=O)NCCCC)cc1. The molecule has 0 saturated carbocycles. The summed E-state index contributed by atoms with van der Waals surface area (Å²) in [6, 6.07) is 6.65. The van der Waals surface area contributed by atoms with Crippen molar-refractivity contribution in [2.24, 2.45) is 0 Å². The average molecular weight is 239 g/mol. The molecule has 88 valence electrons. The Bertz CT molecular complexity index is 435. The van der Waals surface area contributed by atoms with Crippen LogP contribution in [0.25, 0.3) is 6.08 Å². The van der Waals surface area contributed by atoms with Gasteiger partial charge in [0.1, 0.15) is 0 Å². The minimum Gasteiger partial charge on any atom is -0.211 e. The lowest BCUT2D eigenvalue weighted by atomic mass is 10.2. The molecular formula is C12H17NO2S. The molecule has 1 aromatic rings. The summed E-state index contributed by atoms with van der Waals surface area (Å²) in [6.07, 6.45) is 3.50. The number of sulfonamides is 1. The quantitative estimate of drug-likeness (QED) is 0.775. The molecule has 0 saturated heterocycles. The van der Waals surface area contributed by atoms with Crippen LogP contribution in [-0.2, 0) is 10.0 Å². The summed E-state index contributed by atoms with van der Waals surface area (Å²) in [5, 5.41) is 0. The zero-order chi connectivity index (χ0) is 12.0. The number of rotatable bonds is 6. The maximum atomic E-state index is 11.8. The van der Waals surface area contributed by atoms with Gasteiger partial charge in [-0.05, 0) is 24.1 Å². The third-order valence-electron chi connectivity index (χ3n) is 2.25. The minimum absolute atomic E-state index is 0.300. The predicted molar refractivity (Wildman–Crippen MR) is 66.6 cm³/mol. The standard InChI is InChI=1S/C12H17NO2S/c1-3-5-10-13-16(14,15)12-8-6-11(4-2)7-9-12/h4,6-9,13H,2-3,5,10H2,1H3. The Morgan fingerprint density at radius 3 is 2.44 bits per heavy atom. The highest BCUT2D eigenvalue weighted by atomic mass is 32.2. The normalized spacial score (nSPS) is 11.3. The summed E-state index contributed by atoms with van der Waals surface area (Å²) >= 11 is 0. The summed E-state index contributed by atoms with van der Waals surface area (Å²) in [6.45, 7) is 6.13. The maximum Gasteiger partial charge on any atom is 0.240 e. The van der Waals surface area contributed by atoms with E-state index in [9.17, 15) is 8.42 Å². The zero-order valence-corrected chi connectivity index (χ0v) is 10.3. The molecule has 0 aromatic heterocycles. The molecule has 0 radical (unpaired) electrons. The van der Waals surface area contributed by atoms with Gasteiger partial charge in [0, 0.05) is 6.54 Å². The van der Waals surface area contributed by atoms with Gasteiger partial charge < -0.3 is 0 Å². The third-order valence-corrected chi connectivity index (χ3v) is 3.73. The van der Waals surface area contributed by atoms with Crippen molar-refractivity contribution in [2.75, 3.05) is 6.54 Å². The van der Waals surface area contributed by atoms with Crippen molar-refractivity contribution in [3.63, 3.8) is 0 Å². The molecular weight excluding hydrogens is 222 g/mol. The molecule has 0 unspecified atom stereocenters. The first kappa shape index (κ1) is 12.9. The van der Waals surface area contributed by atoms with Crippen LogP contribution in [0.2, 0.25) is 0 Å². The van der Waals surface area contributed by atoms with E-state index in [4.69, 9.17) is 0 Å². The molecule has 1 rings (SSSR count). The van der Waals surface area contributed by atoms with Gasteiger partial charge in [0.05, 0.1) is 4.90 Å². The molecule has 0 heterocycles. The second kappa shape index (κ2) is 5.82. The van der Waals surface area contributed by atoms with Crippen molar-refractivity contribution in [2.45, 2.75) is 24.7 Å². The fraction of sp³-hybridized carbons (Fsp3) is 0.333. The zero-order valence-electron chi connectivity index (χ0n) is 9.44. The van der Waals surface area contributed by atoms with E-state index in [1.165, 1.54) is 0 Å². The molecule has 0 bridgehead atoms. The molecule has 0 aliphatic heterocycles. The number of hydrogen-bond acceptors (Lipinski definition) is 2. The van der Waals surface area contributed by atoms with Crippen molar-refractivity contribution in [1.29, 1.82) is 0 Å². The molecule has 1 aromatic carbocycles. The average Bonchev–Trinajstić information content (AvgIpc) is 2.29. The third kappa shape index (κ3) is 3.47. The summed E-state index contributed by atoms with van der Waals surface area (Å²) in [5.41, 5.74) is 0.910. The van der Waals surface area contributed by atoms with E-state index < -0.39 is 10.0 Å². The summed E-state index contributed by atoms with van der Waals surface area (Å²) < 4.78 is 26.1. The molecule has 1 N–H and O–H groups in total. The van der Waals surface area contributed by atoms with Gasteiger partial charge in [-0.2, -0.15) is 0 Å². The highest BCUT2D eigenvalue weighted by Gasteiger charge is 2.11. The van der Waals surface area contributed by atoms with Crippen molar-refractivity contribution < 1.29 is 8.42 Å². The Morgan fingerprint density at radius 1 is 1.31 bits per heavy atom. The van der Waals surface area contributed by atoms with Crippen LogP contribution in [0.1, 0.15) is 25.3 Å². The molecule has 0 aliphatic rings. The second-order valence-electron chi connectivity index (χ2n) is 3.52. The topological polar surface area (TPSA) is 46.2 Å². The molecule has 0 fully saturated rings. The van der Waals surface area contributed by atoms with Gasteiger partial charge in [-0.25, -0.2) is 13.1 Å². The highest BCUT2D eigenvalue weighted by molar-refractivity contribution is 7.89. The van der Waals surface area contributed by atoms with Gasteiger partial charge in [0.25, 0.3) is 0 Å². The van der Waals surface area contributed by atoms with E-state index in [1.54, 1.807) is 30.3 Å². The lowest BCUT2D eigenvalue weighted by Crippen LogP contribution is -2.24. The maximum absolute atomic E-state index is 11.8. The fourth-order valence-corrected chi connectivity index (χ4v) is 2.32. The van der Waals surface area contributed by atoms with Crippen molar-refractivity contribution in [1.82, 2.24) is 4.72 Å². The van der Waals surface area contributed by atoms with Gasteiger partial charge in [-0.1, -0.05) is 38.1 Å². The van der Waals surface area contributed by atoms with Crippen LogP contribution in [0.15, 0.2) is 35.7 Å². The van der Waals surface area contributed by atoms with Gasteiger partial charge in [0.2, 0.25) is 10.0 Å². The number of nitrogens with one attached hydrogen (secondary N) is 1. The molecule has 0 amide bonds. The number of benzene rings is 1. The van der Waals surface area contributed by atoms with E-state index in [1.807, 2.05) is 6.92 Å². The first-order valence-electron chi connectivity index (χ1n) is 5.32. The lowest BCUT2D eigenvalue weighted by molar-refractivity contribution is 0.578. The van der Waals surface area contributed by atoms with Gasteiger partial charge in [0.15, 0.2) is 0 Å². The molecule has 16 heavy (non-hydrogen) atoms. The van der Waals surface area contributed by atoms with Gasteiger partial charge in [-0.15, -0.1) is 0 Å². The van der Waals surface area contributed by atoms with Crippen LogP contribution in [-0.4, -0.2) is 15.0 Å². The van der Waals surface area contributed by atoms with Gasteiger partial charge >= 0.3 is 0 Å². The first-order valence-corrected chi connectivity index (χ1v) is 6.80. The summed E-state index contributed by atoms with van der Waals surface area (Å²) in [4.78, 5) is 0.300. The lowest BCUT2D eigenvalue weighted by Gasteiger charge is -2.06. The molecule has 0 aliphatic carbocycles. The largest absolute Gasteiger partial charge is 0.240 e. The minimum atomic E-state index is -3.34. The van der Waals surface area contributed by atoms with Crippen LogP contribution < -0.4 is 4.72 Å². The smallest absolute Gasteiger partial charge is 0.211 e. The van der Waals surface area contributed by atoms with Crippen LogP contribution in [0.4, 0.5) is 0 Å². The molecule has 3 nitrogen and oxygen atoms in total. The molecule has 0 atom stereocenters. The highest BCUT2D eigenvalue weighted by Crippen LogP contribution is 2.11. The van der Waals surface area contributed by atoms with E-state index >= 15 is 0 Å². The summed E-state index contributed by atoms with van der Waals surface area (Å²) in [7, 11) is -3.34. The van der Waals surface area contributed by atoms with Crippen molar-refractivity contribution >= 4 is 16.1 Å². The number of hydrogen-bond donors (Lipinski definition) is 1. The van der Waals surface area contributed by atoms with Crippen molar-refractivity contribution in [3.05, 3.63) is 36.4 Å². The molecule has 4 heteroatoms. The van der Waals surface area contributed by atoms with E-state index in [2.05, 4.69) is 11.3 Å². The van der Waals surface area contributed by atoms with Crippen molar-refractivity contribution in [3.8, 4) is 0 Å². The van der Waals surface area contributed by atoms with Gasteiger partial charge in [-0.3, -0.25) is 0 Å². The van der Waals surface area contributed by atoms with E-state index in [0.29, 0.717) is 11.4 Å². The Kier molecular flexibility index (Phi) is 4.71. The predicted octanol–water partition coefficient (Wildman–Crippen LogP) is 2.41. The Labute approximate surface area is 97.2 Å². The van der Waals surface area contributed by atoms with Crippen LogP contribution >= 0.6 is 0 Å². The Balaban J connectivity index is 2.77. The van der Waals surface area contributed by atoms with Crippen LogP contribution in [0.5, 0.6) is 0 Å². The monoisotopic (exact) mass is 239 g/mol. The fourth-order valence-electron chi connectivity index (χ4n) is 1.25. The van der Waals surface area contributed by atoms with E-state index in [-0.39, 0.29) is 0 Å². The molecule has 0 spiro atoms. The van der Waals surface area contributed by atoms with E-state index in [0.717, 1.165) is 18.4 Å². The Morgan fingerprint density at radius 2 is 1.94 bits per heavy atom. The number of unbranched alkanes of at least 4 members (excludes halogenated alkanes) is 1.